The minimum atomic E-state index is 0.0123. The molecule has 1 saturated carbocycles. The molecule has 2 amide bonds. The third kappa shape index (κ3) is 4.49. The second kappa shape index (κ2) is 7.85. The van der Waals surface area contributed by atoms with E-state index in [1.165, 1.54) is 49.7 Å². The molecule has 3 rings (SSSR count). The molecule has 1 aromatic rings. The Kier molecular flexibility index (Phi) is 5.58. The van der Waals surface area contributed by atoms with Crippen molar-refractivity contribution in [3.63, 3.8) is 0 Å². The minimum Gasteiger partial charge on any atom is -0.338 e. The van der Waals surface area contributed by atoms with Crippen LogP contribution in [0.15, 0.2) is 24.3 Å². The summed E-state index contributed by atoms with van der Waals surface area (Å²) in [6.45, 7) is 3.94. The van der Waals surface area contributed by atoms with Crippen molar-refractivity contribution in [2.75, 3.05) is 13.1 Å². The highest BCUT2D eigenvalue weighted by Crippen LogP contribution is 2.29. The topological polar surface area (TPSA) is 41.1 Å². The quantitative estimate of drug-likeness (QED) is 0.850. The van der Waals surface area contributed by atoms with E-state index in [1.807, 2.05) is 0 Å². The molecular formula is C20H30N2O. The molecule has 0 aliphatic heterocycles. The van der Waals surface area contributed by atoms with Crippen LogP contribution >= 0.6 is 0 Å². The number of hydrogen-bond donors (Lipinski definition) is 2. The Balaban J connectivity index is 1.31. The maximum Gasteiger partial charge on any atom is 0.314 e. The average Bonchev–Trinajstić information content (AvgIpc) is 2.97. The molecular weight excluding hydrogens is 284 g/mol. The van der Waals surface area contributed by atoms with Gasteiger partial charge in [-0.25, -0.2) is 4.79 Å². The molecule has 2 N–H and O–H groups in total. The van der Waals surface area contributed by atoms with Crippen LogP contribution in [0.4, 0.5) is 4.79 Å². The summed E-state index contributed by atoms with van der Waals surface area (Å²) in [6.07, 6.45) is 8.66. The second-order valence-corrected chi connectivity index (χ2v) is 7.49. The van der Waals surface area contributed by atoms with E-state index in [-0.39, 0.29) is 6.03 Å². The molecule has 1 aromatic carbocycles. The van der Waals surface area contributed by atoms with Crippen molar-refractivity contribution in [2.45, 2.75) is 51.9 Å². The number of carbonyl (C=O) groups is 1. The van der Waals surface area contributed by atoms with Gasteiger partial charge in [0.15, 0.2) is 0 Å². The minimum absolute atomic E-state index is 0.0123. The summed E-state index contributed by atoms with van der Waals surface area (Å²) in [7, 11) is 0. The Bertz CT molecular complexity index is 503. The van der Waals surface area contributed by atoms with E-state index >= 15 is 0 Å². The fraction of sp³-hybridized carbons (Fsp3) is 0.650. The number of carbonyl (C=O) groups excluding carboxylic acids is 1. The second-order valence-electron chi connectivity index (χ2n) is 7.49. The van der Waals surface area contributed by atoms with Crippen LogP contribution in [-0.4, -0.2) is 19.1 Å². The van der Waals surface area contributed by atoms with Crippen molar-refractivity contribution < 1.29 is 4.79 Å². The Labute approximate surface area is 140 Å². The van der Waals surface area contributed by atoms with Crippen molar-refractivity contribution in [3.8, 4) is 0 Å². The van der Waals surface area contributed by atoms with Crippen molar-refractivity contribution in [3.05, 3.63) is 35.4 Å². The number of rotatable bonds is 5. The first-order valence-corrected chi connectivity index (χ1v) is 9.31. The van der Waals surface area contributed by atoms with Crippen LogP contribution in [0.1, 0.15) is 50.2 Å². The molecule has 0 aromatic heterocycles. The zero-order chi connectivity index (χ0) is 16.1. The summed E-state index contributed by atoms with van der Waals surface area (Å²) in [4.78, 5) is 12.0. The molecule has 2 atom stereocenters. The van der Waals surface area contributed by atoms with Gasteiger partial charge in [0, 0.05) is 13.1 Å². The lowest BCUT2D eigenvalue weighted by Crippen LogP contribution is -2.40. The standard InChI is InChI=1S/C20H30N2O/c1-15-6-2-3-9-19(15)14-22-20(23)21-11-10-16-12-17-7-4-5-8-18(17)13-16/h4-5,7-8,15-16,19H,2-3,6,9-14H2,1H3,(H2,21,22,23). The van der Waals surface area contributed by atoms with Gasteiger partial charge in [0.2, 0.25) is 0 Å². The van der Waals surface area contributed by atoms with E-state index < -0.39 is 0 Å². The molecule has 0 saturated heterocycles. The molecule has 0 spiro atoms. The van der Waals surface area contributed by atoms with Crippen molar-refractivity contribution >= 4 is 6.03 Å². The summed E-state index contributed by atoms with van der Waals surface area (Å²) in [6, 6.07) is 8.73. The Morgan fingerprint density at radius 2 is 1.78 bits per heavy atom. The highest BCUT2D eigenvalue weighted by atomic mass is 16.2. The van der Waals surface area contributed by atoms with Crippen molar-refractivity contribution in [2.24, 2.45) is 17.8 Å². The van der Waals surface area contributed by atoms with Gasteiger partial charge >= 0.3 is 6.03 Å². The fourth-order valence-corrected chi connectivity index (χ4v) is 4.23. The summed E-state index contributed by atoms with van der Waals surface area (Å²) in [5.41, 5.74) is 2.99. The Morgan fingerprint density at radius 1 is 1.09 bits per heavy atom. The molecule has 0 radical (unpaired) electrons. The predicted octanol–water partition coefficient (Wildman–Crippen LogP) is 3.92. The number of benzene rings is 1. The fourth-order valence-electron chi connectivity index (χ4n) is 4.23. The lowest BCUT2D eigenvalue weighted by atomic mass is 9.80. The highest BCUT2D eigenvalue weighted by molar-refractivity contribution is 5.73. The van der Waals surface area contributed by atoms with Gasteiger partial charge in [0.1, 0.15) is 0 Å². The van der Waals surface area contributed by atoms with E-state index in [1.54, 1.807) is 0 Å². The zero-order valence-electron chi connectivity index (χ0n) is 14.3. The normalized spacial score (nSPS) is 24.2. The lowest BCUT2D eigenvalue weighted by Gasteiger charge is -2.28. The van der Waals surface area contributed by atoms with Crippen LogP contribution in [0.25, 0.3) is 0 Å². The molecule has 0 heterocycles. The van der Waals surface area contributed by atoms with Gasteiger partial charge < -0.3 is 10.6 Å². The van der Waals surface area contributed by atoms with Crippen molar-refractivity contribution in [1.82, 2.24) is 10.6 Å². The van der Waals surface area contributed by atoms with Crippen LogP contribution < -0.4 is 10.6 Å². The van der Waals surface area contributed by atoms with Gasteiger partial charge in [-0.05, 0) is 54.6 Å². The first-order chi connectivity index (χ1) is 11.2. The summed E-state index contributed by atoms with van der Waals surface area (Å²) >= 11 is 0. The smallest absolute Gasteiger partial charge is 0.314 e. The largest absolute Gasteiger partial charge is 0.338 e. The van der Waals surface area contributed by atoms with Gasteiger partial charge in [-0.3, -0.25) is 0 Å². The van der Waals surface area contributed by atoms with Crippen LogP contribution in [-0.2, 0) is 12.8 Å². The SMILES string of the molecule is CC1CCCCC1CNC(=O)NCCC1Cc2ccccc2C1. The van der Waals surface area contributed by atoms with Crippen LogP contribution in [0, 0.1) is 17.8 Å². The van der Waals surface area contributed by atoms with Gasteiger partial charge in [-0.15, -0.1) is 0 Å². The lowest BCUT2D eigenvalue weighted by molar-refractivity contribution is 0.223. The molecule has 3 nitrogen and oxygen atoms in total. The Morgan fingerprint density at radius 3 is 2.48 bits per heavy atom. The van der Waals surface area contributed by atoms with Gasteiger partial charge in [-0.1, -0.05) is 50.5 Å². The number of fused-ring (bicyclic) bond motifs is 1. The van der Waals surface area contributed by atoms with Crippen LogP contribution in [0.3, 0.4) is 0 Å². The van der Waals surface area contributed by atoms with Gasteiger partial charge in [-0.2, -0.15) is 0 Å². The molecule has 0 bridgehead atoms. The van der Waals surface area contributed by atoms with Crippen LogP contribution in [0.2, 0.25) is 0 Å². The third-order valence-electron chi connectivity index (χ3n) is 5.79. The molecule has 2 aliphatic rings. The number of nitrogens with one attached hydrogen (secondary N) is 2. The number of hydrogen-bond acceptors (Lipinski definition) is 1. The predicted molar refractivity (Wildman–Crippen MR) is 94.5 cm³/mol. The summed E-state index contributed by atoms with van der Waals surface area (Å²) < 4.78 is 0. The van der Waals surface area contributed by atoms with Gasteiger partial charge in [0.05, 0.1) is 0 Å². The molecule has 23 heavy (non-hydrogen) atoms. The Hall–Kier alpha value is -1.51. The maximum absolute atomic E-state index is 12.0. The summed E-state index contributed by atoms with van der Waals surface area (Å²) in [5, 5.41) is 6.12. The first kappa shape index (κ1) is 16.4. The zero-order valence-corrected chi connectivity index (χ0v) is 14.3. The highest BCUT2D eigenvalue weighted by Gasteiger charge is 2.22. The maximum atomic E-state index is 12.0. The molecule has 3 heteroatoms. The van der Waals surface area contributed by atoms with Crippen molar-refractivity contribution in [1.29, 1.82) is 0 Å². The van der Waals surface area contributed by atoms with E-state index in [2.05, 4.69) is 41.8 Å². The summed E-state index contributed by atoms with van der Waals surface area (Å²) in [5.74, 6) is 2.10. The molecule has 126 valence electrons. The first-order valence-electron chi connectivity index (χ1n) is 9.31. The van der Waals surface area contributed by atoms with E-state index in [0.29, 0.717) is 11.8 Å². The molecule has 2 aliphatic carbocycles. The average molecular weight is 314 g/mol. The number of urea groups is 1. The van der Waals surface area contributed by atoms with E-state index in [9.17, 15) is 4.79 Å². The van der Waals surface area contributed by atoms with Crippen LogP contribution in [0.5, 0.6) is 0 Å². The van der Waals surface area contributed by atoms with Gasteiger partial charge in [0.25, 0.3) is 0 Å². The van der Waals surface area contributed by atoms with E-state index in [0.717, 1.165) is 25.4 Å². The molecule has 2 unspecified atom stereocenters. The number of amides is 2. The monoisotopic (exact) mass is 314 g/mol. The van der Waals surface area contributed by atoms with E-state index in [4.69, 9.17) is 0 Å². The third-order valence-corrected chi connectivity index (χ3v) is 5.79. The molecule has 1 fully saturated rings.